The van der Waals surface area contributed by atoms with E-state index in [1.54, 1.807) is 0 Å². The lowest BCUT2D eigenvalue weighted by Gasteiger charge is -2.31. The molecule has 0 aromatic rings. The van der Waals surface area contributed by atoms with Gasteiger partial charge in [0.15, 0.2) is 5.96 Å². The van der Waals surface area contributed by atoms with Gasteiger partial charge in [-0.25, -0.2) is 0 Å². The molecule has 1 atom stereocenters. The van der Waals surface area contributed by atoms with Gasteiger partial charge in [0.1, 0.15) is 0 Å². The maximum atomic E-state index is 5.93. The molecule has 0 radical (unpaired) electrons. The van der Waals surface area contributed by atoms with E-state index in [9.17, 15) is 0 Å². The first-order valence-electron chi connectivity index (χ1n) is 6.50. The summed E-state index contributed by atoms with van der Waals surface area (Å²) in [7, 11) is 0. The van der Waals surface area contributed by atoms with Gasteiger partial charge in [-0.2, -0.15) is 0 Å². The minimum absolute atomic E-state index is 0.538. The van der Waals surface area contributed by atoms with Crippen LogP contribution in [0.4, 0.5) is 0 Å². The van der Waals surface area contributed by atoms with E-state index in [0.29, 0.717) is 12.0 Å². The summed E-state index contributed by atoms with van der Waals surface area (Å²) >= 11 is 0. The summed E-state index contributed by atoms with van der Waals surface area (Å²) in [6, 6.07) is 0.538. The van der Waals surface area contributed by atoms with E-state index in [2.05, 4.69) is 16.5 Å². The van der Waals surface area contributed by atoms with E-state index < -0.39 is 0 Å². The molecule has 16 heavy (non-hydrogen) atoms. The second-order valence-electron chi connectivity index (χ2n) is 4.96. The quantitative estimate of drug-likeness (QED) is 0.586. The molecule has 0 aromatic carbocycles. The third-order valence-corrected chi connectivity index (χ3v) is 3.90. The molecule has 3 heteroatoms. The predicted octanol–water partition coefficient (Wildman–Crippen LogP) is 2.14. The molecule has 0 spiro atoms. The van der Waals surface area contributed by atoms with Gasteiger partial charge in [-0.3, -0.25) is 4.99 Å². The second kappa shape index (κ2) is 5.37. The maximum absolute atomic E-state index is 5.93. The van der Waals surface area contributed by atoms with Crippen molar-refractivity contribution in [2.45, 2.75) is 44.6 Å². The number of nitrogens with two attached hydrogens (primary N) is 1. The Morgan fingerprint density at radius 3 is 2.62 bits per heavy atom. The molecule has 90 valence electrons. The van der Waals surface area contributed by atoms with Crippen LogP contribution in [0.5, 0.6) is 0 Å². The van der Waals surface area contributed by atoms with Crippen LogP contribution in [-0.4, -0.2) is 30.0 Å². The van der Waals surface area contributed by atoms with Crippen molar-refractivity contribution in [3.05, 3.63) is 12.7 Å². The number of hydrogen-bond acceptors (Lipinski definition) is 3. The van der Waals surface area contributed by atoms with Crippen molar-refractivity contribution in [2.24, 2.45) is 16.6 Å². The van der Waals surface area contributed by atoms with Crippen LogP contribution in [0.3, 0.4) is 0 Å². The number of guanidine groups is 1. The Morgan fingerprint density at radius 2 is 2.00 bits per heavy atom. The molecule has 1 saturated carbocycles. The molecule has 1 fully saturated rings. The first kappa shape index (κ1) is 11.5. The smallest absolute Gasteiger partial charge is 0.191 e. The van der Waals surface area contributed by atoms with Crippen LogP contribution in [0, 0.1) is 5.92 Å². The summed E-state index contributed by atoms with van der Waals surface area (Å²) in [6.07, 6.45) is 10.2. The maximum Gasteiger partial charge on any atom is 0.191 e. The van der Waals surface area contributed by atoms with Gasteiger partial charge in [-0.1, -0.05) is 31.8 Å². The van der Waals surface area contributed by atoms with Crippen LogP contribution in [-0.2, 0) is 0 Å². The van der Waals surface area contributed by atoms with Crippen LogP contribution in [0.25, 0.3) is 0 Å². The van der Waals surface area contributed by atoms with E-state index in [1.807, 2.05) is 6.08 Å². The Hall–Kier alpha value is -0.990. The molecule has 0 saturated heterocycles. The van der Waals surface area contributed by atoms with E-state index >= 15 is 0 Å². The summed E-state index contributed by atoms with van der Waals surface area (Å²) in [4.78, 5) is 6.64. The molecule has 1 heterocycles. The summed E-state index contributed by atoms with van der Waals surface area (Å²) in [6.45, 7) is 5.54. The predicted molar refractivity (Wildman–Crippen MR) is 68.4 cm³/mol. The zero-order valence-corrected chi connectivity index (χ0v) is 10.1. The molecule has 1 aliphatic heterocycles. The SMILES string of the molecule is C=CCN1C(N)=NCC1C1CCCCCC1. The fourth-order valence-electron chi connectivity index (χ4n) is 3.01. The molecule has 2 rings (SSSR count). The first-order valence-corrected chi connectivity index (χ1v) is 6.50. The van der Waals surface area contributed by atoms with E-state index in [1.165, 1.54) is 38.5 Å². The zero-order valence-electron chi connectivity index (χ0n) is 10.1. The van der Waals surface area contributed by atoms with Crippen molar-refractivity contribution in [3.63, 3.8) is 0 Å². The molecule has 0 bridgehead atoms. The average molecular weight is 221 g/mol. The Morgan fingerprint density at radius 1 is 1.31 bits per heavy atom. The van der Waals surface area contributed by atoms with Crippen molar-refractivity contribution >= 4 is 5.96 Å². The van der Waals surface area contributed by atoms with Crippen molar-refractivity contribution in [1.82, 2.24) is 4.90 Å². The van der Waals surface area contributed by atoms with Gasteiger partial charge in [0, 0.05) is 6.54 Å². The minimum atomic E-state index is 0.538. The molecule has 0 aromatic heterocycles. The van der Waals surface area contributed by atoms with Crippen LogP contribution >= 0.6 is 0 Å². The van der Waals surface area contributed by atoms with Gasteiger partial charge in [0.2, 0.25) is 0 Å². The van der Waals surface area contributed by atoms with Gasteiger partial charge < -0.3 is 10.6 Å². The van der Waals surface area contributed by atoms with E-state index in [4.69, 9.17) is 5.73 Å². The first-order chi connectivity index (χ1) is 7.83. The van der Waals surface area contributed by atoms with Gasteiger partial charge in [0.05, 0.1) is 12.6 Å². The van der Waals surface area contributed by atoms with Crippen molar-refractivity contribution in [1.29, 1.82) is 0 Å². The highest BCUT2D eigenvalue weighted by molar-refractivity contribution is 5.80. The molecule has 1 unspecified atom stereocenters. The van der Waals surface area contributed by atoms with Gasteiger partial charge in [0.25, 0.3) is 0 Å². The van der Waals surface area contributed by atoms with Crippen molar-refractivity contribution in [3.8, 4) is 0 Å². The Labute approximate surface area is 98.4 Å². The largest absolute Gasteiger partial charge is 0.370 e. The van der Waals surface area contributed by atoms with Crippen LogP contribution in [0.2, 0.25) is 0 Å². The van der Waals surface area contributed by atoms with Gasteiger partial charge in [-0.15, -0.1) is 6.58 Å². The number of rotatable bonds is 3. The topological polar surface area (TPSA) is 41.6 Å². The van der Waals surface area contributed by atoms with Crippen molar-refractivity contribution < 1.29 is 0 Å². The Balaban J connectivity index is 1.99. The second-order valence-corrected chi connectivity index (χ2v) is 4.96. The fourth-order valence-corrected chi connectivity index (χ4v) is 3.01. The number of hydrogen-bond donors (Lipinski definition) is 1. The monoisotopic (exact) mass is 221 g/mol. The molecule has 0 amide bonds. The highest BCUT2D eigenvalue weighted by Gasteiger charge is 2.32. The highest BCUT2D eigenvalue weighted by Crippen LogP contribution is 2.30. The zero-order chi connectivity index (χ0) is 11.4. The average Bonchev–Trinajstić information content (AvgIpc) is 2.55. The lowest BCUT2D eigenvalue weighted by atomic mass is 9.91. The molecule has 3 nitrogen and oxygen atoms in total. The van der Waals surface area contributed by atoms with E-state index in [-0.39, 0.29) is 0 Å². The molecule has 2 N–H and O–H groups in total. The number of aliphatic imine (C=N–C) groups is 1. The van der Waals surface area contributed by atoms with Gasteiger partial charge in [-0.05, 0) is 18.8 Å². The molecular weight excluding hydrogens is 198 g/mol. The fraction of sp³-hybridized carbons (Fsp3) is 0.769. The summed E-state index contributed by atoms with van der Waals surface area (Å²) in [5.74, 6) is 1.50. The molecule has 1 aliphatic carbocycles. The number of nitrogens with zero attached hydrogens (tertiary/aromatic N) is 2. The summed E-state index contributed by atoms with van der Waals surface area (Å²) < 4.78 is 0. The normalized spacial score (nSPS) is 27.6. The van der Waals surface area contributed by atoms with Crippen molar-refractivity contribution in [2.75, 3.05) is 13.1 Å². The van der Waals surface area contributed by atoms with E-state index in [0.717, 1.165) is 19.0 Å². The third-order valence-electron chi connectivity index (χ3n) is 3.90. The highest BCUT2D eigenvalue weighted by atomic mass is 15.3. The lowest BCUT2D eigenvalue weighted by Crippen LogP contribution is -2.44. The van der Waals surface area contributed by atoms with Crippen LogP contribution in [0.15, 0.2) is 17.6 Å². The van der Waals surface area contributed by atoms with Crippen LogP contribution in [0.1, 0.15) is 38.5 Å². The Bertz CT molecular complexity index is 264. The standard InChI is InChI=1S/C13H23N3/c1-2-9-16-12(10-15-13(16)14)11-7-5-3-4-6-8-11/h2,11-12H,1,3-10H2,(H2,14,15). The lowest BCUT2D eigenvalue weighted by molar-refractivity contribution is 0.244. The minimum Gasteiger partial charge on any atom is -0.370 e. The molecule has 2 aliphatic rings. The summed E-state index contributed by atoms with van der Waals surface area (Å²) in [5.41, 5.74) is 5.93. The molecular formula is C13H23N3. The van der Waals surface area contributed by atoms with Crippen LogP contribution < -0.4 is 5.73 Å². The van der Waals surface area contributed by atoms with Gasteiger partial charge >= 0.3 is 0 Å². The Kier molecular flexibility index (Phi) is 3.86. The third kappa shape index (κ3) is 2.39. The summed E-state index contributed by atoms with van der Waals surface area (Å²) in [5, 5.41) is 0.